The molecule has 1 amide bonds. The van der Waals surface area contributed by atoms with Gasteiger partial charge in [-0.25, -0.2) is 9.18 Å². The number of nitriles is 1. The fourth-order valence-corrected chi connectivity index (χ4v) is 4.05. The molecule has 7 heteroatoms. The van der Waals surface area contributed by atoms with Gasteiger partial charge in [0.25, 0.3) is 0 Å². The van der Waals surface area contributed by atoms with E-state index in [9.17, 15) is 14.4 Å². The number of benzene rings is 1. The monoisotopic (exact) mass is 409 g/mol. The zero-order valence-electron chi connectivity index (χ0n) is 14.6. The summed E-state index contributed by atoms with van der Waals surface area (Å²) < 4.78 is 20.2. The summed E-state index contributed by atoms with van der Waals surface area (Å²) in [5.41, 5.74) is 0.0955. The fraction of sp³-hybridized carbons (Fsp3) is 0.556. The zero-order chi connectivity index (χ0) is 18.4. The molecule has 2 heterocycles. The highest BCUT2D eigenvalue weighted by atomic mass is 79.9. The molecule has 2 unspecified atom stereocenters. The molecular formula is C18H21BrFN3O2. The van der Waals surface area contributed by atoms with Crippen LogP contribution in [0.5, 0.6) is 0 Å². The molecule has 0 radical (unpaired) electrons. The normalized spacial score (nSPS) is 22.7. The number of piperazine rings is 1. The molecule has 2 atom stereocenters. The number of carbonyl (C=O) groups excluding carboxylic acids is 1. The van der Waals surface area contributed by atoms with Gasteiger partial charge in [-0.15, -0.1) is 0 Å². The van der Waals surface area contributed by atoms with E-state index in [0.717, 1.165) is 12.8 Å². The molecule has 134 valence electrons. The Bertz CT molecular complexity index is 727. The maximum Gasteiger partial charge on any atom is 0.410 e. The Morgan fingerprint density at radius 3 is 2.44 bits per heavy atom. The molecule has 5 nitrogen and oxygen atoms in total. The van der Waals surface area contributed by atoms with Crippen molar-refractivity contribution in [2.24, 2.45) is 0 Å². The first-order valence-electron chi connectivity index (χ1n) is 8.35. The topological polar surface area (TPSA) is 56.6 Å². The second-order valence-corrected chi connectivity index (χ2v) is 8.49. The summed E-state index contributed by atoms with van der Waals surface area (Å²) in [7, 11) is 0. The molecule has 2 aliphatic rings. The molecule has 0 saturated carbocycles. The Hall–Kier alpha value is -1.81. The highest BCUT2D eigenvalue weighted by molar-refractivity contribution is 9.10. The smallest absolute Gasteiger partial charge is 0.410 e. The van der Waals surface area contributed by atoms with E-state index in [-0.39, 0.29) is 23.7 Å². The quantitative estimate of drug-likeness (QED) is 0.701. The van der Waals surface area contributed by atoms with Gasteiger partial charge >= 0.3 is 6.09 Å². The van der Waals surface area contributed by atoms with E-state index in [0.29, 0.717) is 23.2 Å². The van der Waals surface area contributed by atoms with Gasteiger partial charge in [-0.05, 0) is 45.7 Å². The molecule has 2 bridgehead atoms. The lowest BCUT2D eigenvalue weighted by Crippen LogP contribution is -2.57. The van der Waals surface area contributed by atoms with Crippen molar-refractivity contribution in [1.82, 2.24) is 4.90 Å². The van der Waals surface area contributed by atoms with Crippen LogP contribution in [0.25, 0.3) is 0 Å². The number of amides is 1. The second-order valence-electron chi connectivity index (χ2n) is 7.57. The van der Waals surface area contributed by atoms with Crippen LogP contribution in [-0.4, -0.2) is 41.8 Å². The van der Waals surface area contributed by atoms with Crippen molar-refractivity contribution in [3.63, 3.8) is 0 Å². The highest BCUT2D eigenvalue weighted by Gasteiger charge is 2.44. The summed E-state index contributed by atoms with van der Waals surface area (Å²) in [6.07, 6.45) is 1.48. The van der Waals surface area contributed by atoms with Gasteiger partial charge in [0.2, 0.25) is 0 Å². The molecule has 0 aromatic heterocycles. The summed E-state index contributed by atoms with van der Waals surface area (Å²) >= 11 is 3.30. The van der Waals surface area contributed by atoms with Crippen molar-refractivity contribution in [2.75, 3.05) is 18.0 Å². The number of ether oxygens (including phenoxy) is 1. The largest absolute Gasteiger partial charge is 0.444 e. The van der Waals surface area contributed by atoms with Crippen molar-refractivity contribution in [3.8, 4) is 6.07 Å². The minimum absolute atomic E-state index is 0.0159. The van der Waals surface area contributed by atoms with Crippen molar-refractivity contribution in [1.29, 1.82) is 5.26 Å². The second kappa shape index (κ2) is 6.49. The molecule has 0 aliphatic carbocycles. The number of hydrogen-bond donors (Lipinski definition) is 0. The molecule has 0 N–H and O–H groups in total. The third-order valence-electron chi connectivity index (χ3n) is 4.57. The number of anilines is 1. The molecule has 3 rings (SSSR count). The Balaban J connectivity index is 1.84. The van der Waals surface area contributed by atoms with Crippen LogP contribution in [0.1, 0.15) is 39.2 Å². The van der Waals surface area contributed by atoms with Gasteiger partial charge in [0.15, 0.2) is 0 Å². The van der Waals surface area contributed by atoms with Crippen LogP contribution in [0.15, 0.2) is 16.6 Å². The van der Waals surface area contributed by atoms with Gasteiger partial charge < -0.3 is 9.64 Å². The summed E-state index contributed by atoms with van der Waals surface area (Å²) in [5, 5.41) is 9.32. The molecule has 0 spiro atoms. The number of halogens is 2. The standard InChI is InChI=1S/C18H21BrFN3O2/c1-18(2,3)25-17(24)23-12-4-5-13(23)10-22(9-12)16-7-11(19)6-15(20)14(16)8-21/h6-7,12-13H,4-5,9-10H2,1-3H3. The fourth-order valence-electron chi connectivity index (χ4n) is 3.63. The highest BCUT2D eigenvalue weighted by Crippen LogP contribution is 2.36. The average Bonchev–Trinajstić information content (AvgIpc) is 2.75. The van der Waals surface area contributed by atoms with Gasteiger partial charge in [0, 0.05) is 17.6 Å². The minimum Gasteiger partial charge on any atom is -0.444 e. The van der Waals surface area contributed by atoms with E-state index >= 15 is 0 Å². The Kier molecular flexibility index (Phi) is 4.67. The lowest BCUT2D eigenvalue weighted by molar-refractivity contribution is 0.0123. The Morgan fingerprint density at radius 1 is 1.32 bits per heavy atom. The number of carbonyl (C=O) groups is 1. The van der Waals surface area contributed by atoms with E-state index in [1.807, 2.05) is 36.6 Å². The first kappa shape index (κ1) is 18.0. The van der Waals surface area contributed by atoms with Crippen molar-refractivity contribution in [3.05, 3.63) is 28.0 Å². The van der Waals surface area contributed by atoms with Crippen LogP contribution < -0.4 is 4.90 Å². The van der Waals surface area contributed by atoms with Crippen LogP contribution in [-0.2, 0) is 4.74 Å². The maximum absolute atomic E-state index is 14.1. The third-order valence-corrected chi connectivity index (χ3v) is 5.03. The first-order chi connectivity index (χ1) is 11.7. The van der Waals surface area contributed by atoms with Crippen LogP contribution in [0.3, 0.4) is 0 Å². The Morgan fingerprint density at radius 2 is 1.92 bits per heavy atom. The molecular weight excluding hydrogens is 389 g/mol. The van der Waals surface area contributed by atoms with Crippen molar-refractivity contribution >= 4 is 27.7 Å². The molecule has 2 aliphatic heterocycles. The van der Waals surface area contributed by atoms with Gasteiger partial charge in [-0.1, -0.05) is 15.9 Å². The van der Waals surface area contributed by atoms with Crippen LogP contribution in [0, 0.1) is 17.1 Å². The van der Waals surface area contributed by atoms with E-state index in [4.69, 9.17) is 4.74 Å². The first-order valence-corrected chi connectivity index (χ1v) is 9.14. The summed E-state index contributed by atoms with van der Waals surface area (Å²) in [4.78, 5) is 16.3. The number of hydrogen-bond acceptors (Lipinski definition) is 4. The van der Waals surface area contributed by atoms with E-state index < -0.39 is 11.4 Å². The van der Waals surface area contributed by atoms with E-state index in [2.05, 4.69) is 15.9 Å². The molecule has 2 fully saturated rings. The predicted octanol–water partition coefficient (Wildman–Crippen LogP) is 4.05. The number of rotatable bonds is 1. The van der Waals surface area contributed by atoms with Crippen molar-refractivity contribution < 1.29 is 13.9 Å². The number of fused-ring (bicyclic) bond motifs is 2. The summed E-state index contributed by atoms with van der Waals surface area (Å²) in [5.74, 6) is -0.534. The summed E-state index contributed by atoms with van der Waals surface area (Å²) in [6, 6.07) is 5.06. The summed E-state index contributed by atoms with van der Waals surface area (Å²) in [6.45, 7) is 6.70. The van der Waals surface area contributed by atoms with Gasteiger partial charge in [0.1, 0.15) is 23.1 Å². The van der Waals surface area contributed by atoms with Crippen LogP contribution in [0.2, 0.25) is 0 Å². The SMILES string of the molecule is CC(C)(C)OC(=O)N1C2CCC1CN(c1cc(Br)cc(F)c1C#N)C2. The lowest BCUT2D eigenvalue weighted by atomic mass is 10.1. The third kappa shape index (κ3) is 3.59. The number of nitrogens with zero attached hydrogens (tertiary/aromatic N) is 3. The molecule has 1 aromatic rings. The van der Waals surface area contributed by atoms with E-state index in [1.54, 1.807) is 6.07 Å². The maximum atomic E-state index is 14.1. The minimum atomic E-state index is -0.534. The van der Waals surface area contributed by atoms with Gasteiger partial charge in [0.05, 0.1) is 17.8 Å². The molecule has 2 saturated heterocycles. The van der Waals surface area contributed by atoms with Crippen LogP contribution >= 0.6 is 15.9 Å². The average molecular weight is 410 g/mol. The van der Waals surface area contributed by atoms with Crippen molar-refractivity contribution in [2.45, 2.75) is 51.3 Å². The molecule has 25 heavy (non-hydrogen) atoms. The van der Waals surface area contributed by atoms with Crippen LogP contribution in [0.4, 0.5) is 14.9 Å². The van der Waals surface area contributed by atoms with Gasteiger partial charge in [-0.2, -0.15) is 5.26 Å². The molecule has 1 aromatic carbocycles. The van der Waals surface area contributed by atoms with E-state index in [1.165, 1.54) is 6.07 Å². The lowest BCUT2D eigenvalue weighted by Gasteiger charge is -2.42. The zero-order valence-corrected chi connectivity index (χ0v) is 16.1. The Labute approximate surface area is 155 Å². The van der Waals surface area contributed by atoms with Gasteiger partial charge in [-0.3, -0.25) is 4.90 Å². The predicted molar refractivity (Wildman–Crippen MR) is 95.9 cm³/mol.